The summed E-state index contributed by atoms with van der Waals surface area (Å²) in [5.41, 5.74) is 1.12. The maximum absolute atomic E-state index is 10.6. The number of hydrogen-bond acceptors (Lipinski definition) is 2. The van der Waals surface area contributed by atoms with Gasteiger partial charge in [-0.3, -0.25) is 4.98 Å². The average Bonchev–Trinajstić information content (AvgIpc) is 2.07. The molecule has 1 aromatic heterocycles. The smallest absolute Gasteiger partial charge is 0.337 e. The lowest BCUT2D eigenvalue weighted by atomic mass is 10.1. The van der Waals surface area contributed by atoms with Crippen LogP contribution in [0.1, 0.15) is 29.9 Å². The lowest BCUT2D eigenvalue weighted by molar-refractivity contribution is 0.0696. The molecule has 1 rings (SSSR count). The van der Waals surface area contributed by atoms with Crippen molar-refractivity contribution in [1.29, 1.82) is 0 Å². The van der Waals surface area contributed by atoms with Crippen molar-refractivity contribution >= 4 is 21.9 Å². The quantitative estimate of drug-likeness (QED) is 0.906. The van der Waals surface area contributed by atoms with Crippen LogP contribution in [-0.4, -0.2) is 16.1 Å². The van der Waals surface area contributed by atoms with Gasteiger partial charge in [0.25, 0.3) is 0 Å². The second-order valence-electron chi connectivity index (χ2n) is 3.56. The van der Waals surface area contributed by atoms with E-state index in [4.69, 9.17) is 5.11 Å². The molecule has 0 radical (unpaired) electrons. The number of carbonyl (C=O) groups is 1. The van der Waals surface area contributed by atoms with Crippen LogP contribution in [0.2, 0.25) is 0 Å². The molecule has 3 nitrogen and oxygen atoms in total. The molecule has 0 saturated heterocycles. The SMILES string of the molecule is CC(C)Cc1ncc(C(=O)O)cc1Br. The first kappa shape index (κ1) is 11.2. The Kier molecular flexibility index (Phi) is 3.63. The highest BCUT2D eigenvalue weighted by Gasteiger charge is 2.08. The van der Waals surface area contributed by atoms with E-state index < -0.39 is 5.97 Å². The number of carboxylic acid groups (broad SMARTS) is 1. The fraction of sp³-hybridized carbons (Fsp3) is 0.400. The van der Waals surface area contributed by atoms with Crippen LogP contribution in [0.5, 0.6) is 0 Å². The number of hydrogen-bond donors (Lipinski definition) is 1. The molecule has 1 aromatic rings. The fourth-order valence-electron chi connectivity index (χ4n) is 1.12. The largest absolute Gasteiger partial charge is 0.478 e. The first-order valence-corrected chi connectivity index (χ1v) is 5.17. The summed E-state index contributed by atoms with van der Waals surface area (Å²) >= 11 is 3.32. The number of rotatable bonds is 3. The summed E-state index contributed by atoms with van der Waals surface area (Å²) in [7, 11) is 0. The minimum Gasteiger partial charge on any atom is -0.478 e. The van der Waals surface area contributed by atoms with Crippen molar-refractivity contribution in [2.24, 2.45) is 5.92 Å². The first-order chi connectivity index (χ1) is 6.50. The fourth-order valence-corrected chi connectivity index (χ4v) is 1.63. The van der Waals surface area contributed by atoms with Crippen LogP contribution in [0.25, 0.3) is 0 Å². The molecule has 0 amide bonds. The molecule has 0 unspecified atom stereocenters. The number of nitrogens with zero attached hydrogens (tertiary/aromatic N) is 1. The van der Waals surface area contributed by atoms with Gasteiger partial charge in [0.15, 0.2) is 0 Å². The first-order valence-electron chi connectivity index (χ1n) is 4.38. The summed E-state index contributed by atoms with van der Waals surface area (Å²) in [4.78, 5) is 14.7. The Bertz CT molecular complexity index is 350. The summed E-state index contributed by atoms with van der Waals surface area (Å²) in [5, 5.41) is 8.72. The molecule has 0 aromatic carbocycles. The van der Waals surface area contributed by atoms with Crippen LogP contribution in [-0.2, 0) is 6.42 Å². The van der Waals surface area contributed by atoms with Gasteiger partial charge in [0, 0.05) is 10.7 Å². The molecule has 1 N–H and O–H groups in total. The van der Waals surface area contributed by atoms with E-state index in [0.717, 1.165) is 16.6 Å². The third-order valence-electron chi connectivity index (χ3n) is 1.77. The number of carboxylic acids is 1. The Morgan fingerprint density at radius 2 is 2.29 bits per heavy atom. The van der Waals surface area contributed by atoms with Crippen molar-refractivity contribution in [3.05, 3.63) is 28.0 Å². The predicted octanol–water partition coefficient (Wildman–Crippen LogP) is 2.74. The average molecular weight is 258 g/mol. The molecule has 0 aliphatic carbocycles. The topological polar surface area (TPSA) is 50.2 Å². The van der Waals surface area contributed by atoms with E-state index in [0.29, 0.717) is 5.92 Å². The van der Waals surface area contributed by atoms with Gasteiger partial charge in [0.05, 0.1) is 11.3 Å². The monoisotopic (exact) mass is 257 g/mol. The van der Waals surface area contributed by atoms with Gasteiger partial charge in [-0.1, -0.05) is 13.8 Å². The molecule has 0 atom stereocenters. The van der Waals surface area contributed by atoms with Gasteiger partial charge in [-0.25, -0.2) is 4.79 Å². The van der Waals surface area contributed by atoms with Crippen molar-refractivity contribution in [3.8, 4) is 0 Å². The van der Waals surface area contributed by atoms with Gasteiger partial charge in [0.1, 0.15) is 0 Å². The van der Waals surface area contributed by atoms with Crippen molar-refractivity contribution in [2.75, 3.05) is 0 Å². The molecule has 0 spiro atoms. The summed E-state index contributed by atoms with van der Waals surface area (Å²) in [6, 6.07) is 1.59. The number of aromatic nitrogens is 1. The maximum atomic E-state index is 10.6. The summed E-state index contributed by atoms with van der Waals surface area (Å²) in [6.07, 6.45) is 2.24. The van der Waals surface area contributed by atoms with Crippen LogP contribution in [0.3, 0.4) is 0 Å². The van der Waals surface area contributed by atoms with Gasteiger partial charge in [-0.15, -0.1) is 0 Å². The van der Waals surface area contributed by atoms with Crippen molar-refractivity contribution in [3.63, 3.8) is 0 Å². The van der Waals surface area contributed by atoms with E-state index in [1.807, 2.05) is 0 Å². The van der Waals surface area contributed by atoms with E-state index >= 15 is 0 Å². The Morgan fingerprint density at radius 1 is 1.64 bits per heavy atom. The van der Waals surface area contributed by atoms with Gasteiger partial charge in [0.2, 0.25) is 0 Å². The molecule has 76 valence electrons. The minimum absolute atomic E-state index is 0.212. The van der Waals surface area contributed by atoms with Crippen LogP contribution in [0, 0.1) is 5.92 Å². The van der Waals surface area contributed by atoms with Gasteiger partial charge in [-0.2, -0.15) is 0 Å². The number of halogens is 1. The summed E-state index contributed by atoms with van der Waals surface area (Å²) < 4.78 is 0.770. The molecular weight excluding hydrogens is 246 g/mol. The Hall–Kier alpha value is -0.900. The van der Waals surface area contributed by atoms with Gasteiger partial charge in [-0.05, 0) is 34.3 Å². The molecule has 4 heteroatoms. The van der Waals surface area contributed by atoms with Crippen molar-refractivity contribution in [2.45, 2.75) is 20.3 Å². The zero-order valence-electron chi connectivity index (χ0n) is 8.12. The second-order valence-corrected chi connectivity index (χ2v) is 4.41. The third kappa shape index (κ3) is 2.80. The molecule has 0 saturated carbocycles. The Labute approximate surface area is 91.3 Å². The van der Waals surface area contributed by atoms with Gasteiger partial charge >= 0.3 is 5.97 Å². The number of pyridine rings is 1. The molecular formula is C10H12BrNO2. The highest BCUT2D eigenvalue weighted by molar-refractivity contribution is 9.10. The highest BCUT2D eigenvalue weighted by Crippen LogP contribution is 2.19. The van der Waals surface area contributed by atoms with Crippen LogP contribution in [0.4, 0.5) is 0 Å². The van der Waals surface area contributed by atoms with Crippen molar-refractivity contribution < 1.29 is 9.90 Å². The van der Waals surface area contributed by atoms with Crippen LogP contribution in [0.15, 0.2) is 16.7 Å². The zero-order valence-corrected chi connectivity index (χ0v) is 9.71. The maximum Gasteiger partial charge on any atom is 0.337 e. The Balaban J connectivity index is 2.95. The van der Waals surface area contributed by atoms with E-state index in [-0.39, 0.29) is 5.56 Å². The molecule has 14 heavy (non-hydrogen) atoms. The number of aromatic carboxylic acids is 1. The van der Waals surface area contributed by atoms with Crippen LogP contribution >= 0.6 is 15.9 Å². The normalized spacial score (nSPS) is 10.6. The lowest BCUT2D eigenvalue weighted by Gasteiger charge is -2.06. The second kappa shape index (κ2) is 4.55. The molecule has 0 bridgehead atoms. The van der Waals surface area contributed by atoms with Crippen molar-refractivity contribution in [1.82, 2.24) is 4.98 Å². The van der Waals surface area contributed by atoms with E-state index in [9.17, 15) is 4.79 Å². The summed E-state index contributed by atoms with van der Waals surface area (Å²) in [5.74, 6) is -0.441. The predicted molar refractivity (Wildman–Crippen MR) is 57.4 cm³/mol. The zero-order chi connectivity index (χ0) is 10.7. The van der Waals surface area contributed by atoms with Gasteiger partial charge < -0.3 is 5.11 Å². The highest BCUT2D eigenvalue weighted by atomic mass is 79.9. The van der Waals surface area contributed by atoms with E-state index in [1.54, 1.807) is 6.07 Å². The minimum atomic E-state index is -0.950. The third-order valence-corrected chi connectivity index (χ3v) is 2.45. The molecule has 0 aliphatic heterocycles. The van der Waals surface area contributed by atoms with E-state index in [1.165, 1.54) is 6.20 Å². The molecule has 1 heterocycles. The molecule has 0 aliphatic rings. The Morgan fingerprint density at radius 3 is 2.71 bits per heavy atom. The van der Waals surface area contributed by atoms with Crippen LogP contribution < -0.4 is 0 Å². The summed E-state index contributed by atoms with van der Waals surface area (Å²) in [6.45, 7) is 4.19. The van der Waals surface area contributed by atoms with E-state index in [2.05, 4.69) is 34.8 Å². The standard InChI is InChI=1S/C10H12BrNO2/c1-6(2)3-9-8(11)4-7(5-12-9)10(13)14/h4-6H,3H2,1-2H3,(H,13,14). The molecule has 0 fully saturated rings. The lowest BCUT2D eigenvalue weighted by Crippen LogP contribution is -2.02.